The summed E-state index contributed by atoms with van der Waals surface area (Å²) in [5.41, 5.74) is 2.15. The van der Waals surface area contributed by atoms with Gasteiger partial charge in [-0.15, -0.1) is 0 Å². The van der Waals surface area contributed by atoms with Crippen molar-refractivity contribution in [2.24, 2.45) is 0 Å². The molecule has 2 rings (SSSR count). The summed E-state index contributed by atoms with van der Waals surface area (Å²) >= 11 is 6.00. The number of rotatable bonds is 7. The highest BCUT2D eigenvalue weighted by Crippen LogP contribution is 2.26. The lowest BCUT2D eigenvalue weighted by Crippen LogP contribution is -2.47. The molecule has 0 aliphatic heterocycles. The molecule has 0 radical (unpaired) electrons. The lowest BCUT2D eigenvalue weighted by molar-refractivity contribution is -0.117. The second kappa shape index (κ2) is 8.56. The highest BCUT2D eigenvalue weighted by molar-refractivity contribution is 7.92. The molecule has 26 heavy (non-hydrogen) atoms. The molecule has 1 N–H and O–H groups in total. The van der Waals surface area contributed by atoms with Crippen molar-refractivity contribution in [2.75, 3.05) is 15.9 Å². The molecule has 1 amide bonds. The molecule has 0 aliphatic carbocycles. The van der Waals surface area contributed by atoms with Crippen LogP contribution in [0.3, 0.4) is 0 Å². The first-order valence-electron chi connectivity index (χ1n) is 8.41. The van der Waals surface area contributed by atoms with Crippen molar-refractivity contribution in [3.8, 4) is 0 Å². The average molecular weight is 395 g/mol. The standard InChI is InChI=1S/C19H23ClN2O3S/c1-4-14-9-11-16(12-10-14)21-19(23)18(5-2)22(26(3,24)25)17-8-6-7-15(20)13-17/h6-13,18H,4-5H2,1-3H3,(H,21,23)/t18-/m1/s1. The van der Waals surface area contributed by atoms with Crippen LogP contribution < -0.4 is 9.62 Å². The number of amides is 1. The Bertz CT molecular complexity index is 867. The Morgan fingerprint density at radius 3 is 2.31 bits per heavy atom. The van der Waals surface area contributed by atoms with E-state index in [2.05, 4.69) is 12.2 Å². The summed E-state index contributed by atoms with van der Waals surface area (Å²) in [4.78, 5) is 12.8. The third-order valence-electron chi connectivity index (χ3n) is 4.02. The number of carbonyl (C=O) groups excluding carboxylic acids is 1. The van der Waals surface area contributed by atoms with Crippen molar-refractivity contribution in [1.29, 1.82) is 0 Å². The summed E-state index contributed by atoms with van der Waals surface area (Å²) in [7, 11) is -3.68. The molecule has 0 bridgehead atoms. The summed E-state index contributed by atoms with van der Waals surface area (Å²) in [5, 5.41) is 3.21. The maximum Gasteiger partial charge on any atom is 0.248 e. The van der Waals surface area contributed by atoms with E-state index in [1.807, 2.05) is 24.3 Å². The van der Waals surface area contributed by atoms with Crippen molar-refractivity contribution in [2.45, 2.75) is 32.7 Å². The minimum atomic E-state index is -3.68. The third-order valence-corrected chi connectivity index (χ3v) is 5.44. The number of nitrogens with zero attached hydrogens (tertiary/aromatic N) is 1. The van der Waals surface area contributed by atoms with Gasteiger partial charge in [0, 0.05) is 10.7 Å². The van der Waals surface area contributed by atoms with E-state index in [9.17, 15) is 13.2 Å². The van der Waals surface area contributed by atoms with Crippen molar-refractivity contribution >= 4 is 38.9 Å². The molecule has 140 valence electrons. The predicted octanol–water partition coefficient (Wildman–Crippen LogP) is 4.09. The van der Waals surface area contributed by atoms with E-state index in [1.165, 1.54) is 6.07 Å². The van der Waals surface area contributed by atoms with Crippen LogP contribution in [0.5, 0.6) is 0 Å². The zero-order chi connectivity index (χ0) is 19.3. The first kappa shape index (κ1) is 20.3. The molecule has 7 heteroatoms. The smallest absolute Gasteiger partial charge is 0.248 e. The SMILES string of the molecule is CCc1ccc(NC(=O)[C@@H](CC)N(c2cccc(Cl)c2)S(C)(=O)=O)cc1. The van der Waals surface area contributed by atoms with Crippen LogP contribution in [0.15, 0.2) is 48.5 Å². The Labute approximate surface area is 160 Å². The quantitative estimate of drug-likeness (QED) is 0.769. The van der Waals surface area contributed by atoms with E-state index in [0.717, 1.165) is 22.5 Å². The Balaban J connectivity index is 2.33. The van der Waals surface area contributed by atoms with Crippen LogP contribution in [0.25, 0.3) is 0 Å². The monoisotopic (exact) mass is 394 g/mol. The fourth-order valence-corrected chi connectivity index (χ4v) is 4.11. The van der Waals surface area contributed by atoms with Gasteiger partial charge in [0.15, 0.2) is 0 Å². The maximum atomic E-state index is 12.8. The van der Waals surface area contributed by atoms with Crippen molar-refractivity contribution in [3.63, 3.8) is 0 Å². The molecule has 1 atom stereocenters. The van der Waals surface area contributed by atoms with Crippen LogP contribution in [-0.2, 0) is 21.2 Å². The summed E-state index contributed by atoms with van der Waals surface area (Å²) in [6, 6.07) is 13.1. The molecule has 0 spiro atoms. The largest absolute Gasteiger partial charge is 0.324 e. The molecule has 0 fully saturated rings. The molecule has 0 aliphatic rings. The van der Waals surface area contributed by atoms with E-state index < -0.39 is 16.1 Å². The van der Waals surface area contributed by atoms with Gasteiger partial charge in [0.2, 0.25) is 15.9 Å². The number of nitrogens with one attached hydrogen (secondary N) is 1. The number of carbonyl (C=O) groups is 1. The second-order valence-corrected chi connectivity index (χ2v) is 8.30. The van der Waals surface area contributed by atoms with Crippen LogP contribution >= 0.6 is 11.6 Å². The Hall–Kier alpha value is -2.05. The summed E-state index contributed by atoms with van der Waals surface area (Å²) < 4.78 is 25.9. The zero-order valence-electron chi connectivity index (χ0n) is 15.1. The second-order valence-electron chi connectivity index (χ2n) is 6.00. The lowest BCUT2D eigenvalue weighted by atomic mass is 10.1. The first-order valence-corrected chi connectivity index (χ1v) is 10.6. The zero-order valence-corrected chi connectivity index (χ0v) is 16.6. The fourth-order valence-electron chi connectivity index (χ4n) is 2.72. The van der Waals surface area contributed by atoms with Crippen LogP contribution in [0.4, 0.5) is 11.4 Å². The van der Waals surface area contributed by atoms with Crippen LogP contribution in [0.1, 0.15) is 25.8 Å². The Morgan fingerprint density at radius 2 is 1.81 bits per heavy atom. The molecule has 0 unspecified atom stereocenters. The maximum absolute atomic E-state index is 12.8. The van der Waals surface area contributed by atoms with Crippen LogP contribution in [0.2, 0.25) is 5.02 Å². The molecule has 0 aromatic heterocycles. The highest BCUT2D eigenvalue weighted by atomic mass is 35.5. The van der Waals surface area contributed by atoms with Crippen molar-refractivity contribution < 1.29 is 13.2 Å². The average Bonchev–Trinajstić information content (AvgIpc) is 2.58. The number of benzene rings is 2. The van der Waals surface area contributed by atoms with E-state index in [0.29, 0.717) is 22.8 Å². The van der Waals surface area contributed by atoms with E-state index in [4.69, 9.17) is 11.6 Å². The van der Waals surface area contributed by atoms with Crippen LogP contribution in [-0.4, -0.2) is 26.6 Å². The Morgan fingerprint density at radius 1 is 1.15 bits per heavy atom. The molecule has 0 saturated heterocycles. The molecule has 2 aromatic carbocycles. The minimum Gasteiger partial charge on any atom is -0.324 e. The van der Waals surface area contributed by atoms with Gasteiger partial charge in [0.05, 0.1) is 11.9 Å². The number of halogens is 1. The molecule has 5 nitrogen and oxygen atoms in total. The van der Waals surface area contributed by atoms with Crippen LogP contribution in [0, 0.1) is 0 Å². The van der Waals surface area contributed by atoms with Crippen molar-refractivity contribution in [3.05, 3.63) is 59.1 Å². The summed E-state index contributed by atoms with van der Waals surface area (Å²) in [5.74, 6) is -0.387. The highest BCUT2D eigenvalue weighted by Gasteiger charge is 2.31. The number of sulfonamides is 1. The van der Waals surface area contributed by atoms with E-state index >= 15 is 0 Å². The Kier molecular flexibility index (Phi) is 6.67. The summed E-state index contributed by atoms with van der Waals surface area (Å²) in [6.07, 6.45) is 2.31. The van der Waals surface area contributed by atoms with Gasteiger partial charge in [0.1, 0.15) is 6.04 Å². The van der Waals surface area contributed by atoms with Gasteiger partial charge in [-0.25, -0.2) is 8.42 Å². The van der Waals surface area contributed by atoms with Gasteiger partial charge >= 0.3 is 0 Å². The van der Waals surface area contributed by atoms with Crippen molar-refractivity contribution in [1.82, 2.24) is 0 Å². The van der Waals surface area contributed by atoms with Gasteiger partial charge in [0.25, 0.3) is 0 Å². The minimum absolute atomic E-state index is 0.318. The molecular formula is C19H23ClN2O3S. The first-order chi connectivity index (χ1) is 12.3. The molecule has 2 aromatic rings. The van der Waals surface area contributed by atoms with E-state index in [1.54, 1.807) is 25.1 Å². The topological polar surface area (TPSA) is 66.5 Å². The van der Waals surface area contributed by atoms with Gasteiger partial charge < -0.3 is 5.32 Å². The predicted molar refractivity (Wildman–Crippen MR) is 107 cm³/mol. The van der Waals surface area contributed by atoms with Gasteiger partial charge in [-0.2, -0.15) is 0 Å². The van der Waals surface area contributed by atoms with E-state index in [-0.39, 0.29) is 5.91 Å². The van der Waals surface area contributed by atoms with Gasteiger partial charge in [-0.1, -0.05) is 43.6 Å². The summed E-state index contributed by atoms with van der Waals surface area (Å²) in [6.45, 7) is 3.82. The number of anilines is 2. The molecular weight excluding hydrogens is 372 g/mol. The lowest BCUT2D eigenvalue weighted by Gasteiger charge is -2.30. The fraction of sp³-hybridized carbons (Fsp3) is 0.316. The third kappa shape index (κ3) is 4.99. The molecule has 0 saturated carbocycles. The normalized spacial score (nSPS) is 12.5. The number of hydrogen-bond donors (Lipinski definition) is 1. The molecule has 0 heterocycles. The van der Waals surface area contributed by atoms with Gasteiger partial charge in [-0.3, -0.25) is 9.10 Å². The van der Waals surface area contributed by atoms with Gasteiger partial charge in [-0.05, 0) is 48.7 Å². The number of hydrogen-bond acceptors (Lipinski definition) is 3. The number of aryl methyl sites for hydroxylation is 1.